The van der Waals surface area contributed by atoms with Crippen LogP contribution in [0.15, 0.2) is 5.38 Å². The molecule has 0 radical (unpaired) electrons. The SMILES string of the molecule is CCC1CCCN(Cc2csc(CNC3CC3)n2)CC1. The van der Waals surface area contributed by atoms with Crippen LogP contribution in [0.3, 0.4) is 0 Å². The molecule has 20 heavy (non-hydrogen) atoms. The summed E-state index contributed by atoms with van der Waals surface area (Å²) in [5.74, 6) is 0.953. The normalized spacial score (nSPS) is 24.8. The van der Waals surface area contributed by atoms with Crippen molar-refractivity contribution in [1.29, 1.82) is 0 Å². The van der Waals surface area contributed by atoms with Gasteiger partial charge in [-0.15, -0.1) is 11.3 Å². The van der Waals surface area contributed by atoms with Crippen LogP contribution in [0, 0.1) is 5.92 Å². The Bertz CT molecular complexity index is 414. The lowest BCUT2D eigenvalue weighted by Gasteiger charge is -2.18. The molecule has 1 aromatic rings. The van der Waals surface area contributed by atoms with E-state index < -0.39 is 0 Å². The largest absolute Gasteiger partial charge is 0.308 e. The van der Waals surface area contributed by atoms with Crippen molar-refractivity contribution in [2.45, 2.75) is 64.6 Å². The second-order valence-corrected chi connectivity index (χ2v) is 7.31. The fourth-order valence-corrected chi connectivity index (χ4v) is 3.78. The Balaban J connectivity index is 1.46. The molecular formula is C16H27N3S. The van der Waals surface area contributed by atoms with E-state index in [4.69, 9.17) is 4.98 Å². The molecule has 1 N–H and O–H groups in total. The standard InChI is InChI=1S/C16H27N3S/c1-2-13-4-3-8-19(9-7-13)11-15-12-20-16(18-15)10-17-14-5-6-14/h12-14,17H,2-11H2,1H3. The van der Waals surface area contributed by atoms with Gasteiger partial charge in [0.15, 0.2) is 0 Å². The molecule has 0 spiro atoms. The van der Waals surface area contributed by atoms with Crippen LogP contribution in [-0.4, -0.2) is 29.0 Å². The van der Waals surface area contributed by atoms with Crippen molar-refractivity contribution >= 4 is 11.3 Å². The molecule has 4 heteroatoms. The Labute approximate surface area is 126 Å². The Morgan fingerprint density at radius 1 is 1.30 bits per heavy atom. The van der Waals surface area contributed by atoms with E-state index in [-0.39, 0.29) is 0 Å². The van der Waals surface area contributed by atoms with Crippen molar-refractivity contribution in [2.24, 2.45) is 5.92 Å². The van der Waals surface area contributed by atoms with Gasteiger partial charge in [-0.25, -0.2) is 4.98 Å². The molecule has 2 aliphatic rings. The van der Waals surface area contributed by atoms with Crippen molar-refractivity contribution in [3.8, 4) is 0 Å². The molecule has 1 atom stereocenters. The summed E-state index contributed by atoms with van der Waals surface area (Å²) in [6, 6.07) is 0.777. The summed E-state index contributed by atoms with van der Waals surface area (Å²) in [5.41, 5.74) is 1.28. The van der Waals surface area contributed by atoms with Crippen LogP contribution >= 0.6 is 11.3 Å². The molecule has 1 unspecified atom stereocenters. The van der Waals surface area contributed by atoms with Gasteiger partial charge in [-0.05, 0) is 51.1 Å². The predicted molar refractivity (Wildman–Crippen MR) is 84.9 cm³/mol. The van der Waals surface area contributed by atoms with Crippen LogP contribution in [0.1, 0.15) is 56.2 Å². The highest BCUT2D eigenvalue weighted by Gasteiger charge is 2.21. The van der Waals surface area contributed by atoms with Crippen LogP contribution < -0.4 is 5.32 Å². The number of likely N-dealkylation sites (tertiary alicyclic amines) is 1. The zero-order valence-electron chi connectivity index (χ0n) is 12.6. The zero-order chi connectivity index (χ0) is 13.8. The van der Waals surface area contributed by atoms with E-state index in [2.05, 4.69) is 22.5 Å². The van der Waals surface area contributed by atoms with Crippen molar-refractivity contribution in [2.75, 3.05) is 13.1 Å². The summed E-state index contributed by atoms with van der Waals surface area (Å²) in [6.45, 7) is 6.86. The smallest absolute Gasteiger partial charge is 0.107 e. The fourth-order valence-electron chi connectivity index (χ4n) is 3.04. The molecule has 3 rings (SSSR count). The molecule has 1 aliphatic carbocycles. The average Bonchev–Trinajstić information content (AvgIpc) is 3.22. The summed E-state index contributed by atoms with van der Waals surface area (Å²) in [7, 11) is 0. The molecule has 3 nitrogen and oxygen atoms in total. The molecule has 112 valence electrons. The Kier molecular flexibility index (Phi) is 5.08. The quantitative estimate of drug-likeness (QED) is 0.871. The van der Waals surface area contributed by atoms with Gasteiger partial charge in [0.05, 0.1) is 5.69 Å². The molecule has 0 bridgehead atoms. The topological polar surface area (TPSA) is 28.2 Å². The monoisotopic (exact) mass is 293 g/mol. The van der Waals surface area contributed by atoms with Gasteiger partial charge in [0.1, 0.15) is 5.01 Å². The maximum Gasteiger partial charge on any atom is 0.107 e. The maximum absolute atomic E-state index is 4.79. The van der Waals surface area contributed by atoms with Crippen molar-refractivity contribution in [3.63, 3.8) is 0 Å². The lowest BCUT2D eigenvalue weighted by molar-refractivity contribution is 0.269. The molecule has 0 amide bonds. The Hall–Kier alpha value is -0.450. The predicted octanol–water partition coefficient (Wildman–Crippen LogP) is 3.41. The molecule has 1 saturated heterocycles. The van der Waals surface area contributed by atoms with E-state index in [1.165, 1.54) is 62.3 Å². The van der Waals surface area contributed by atoms with Crippen molar-refractivity contribution < 1.29 is 0 Å². The second-order valence-electron chi connectivity index (χ2n) is 6.37. The van der Waals surface area contributed by atoms with E-state index in [0.29, 0.717) is 0 Å². The highest BCUT2D eigenvalue weighted by atomic mass is 32.1. The zero-order valence-corrected chi connectivity index (χ0v) is 13.4. The highest BCUT2D eigenvalue weighted by Crippen LogP contribution is 2.22. The minimum absolute atomic E-state index is 0.777. The van der Waals surface area contributed by atoms with Crippen LogP contribution in [0.5, 0.6) is 0 Å². The van der Waals surface area contributed by atoms with Crippen molar-refractivity contribution in [1.82, 2.24) is 15.2 Å². The first-order valence-corrected chi connectivity index (χ1v) is 9.10. The van der Waals surface area contributed by atoms with Gasteiger partial charge in [0, 0.05) is 24.5 Å². The summed E-state index contributed by atoms with van der Waals surface area (Å²) < 4.78 is 0. The van der Waals surface area contributed by atoms with Gasteiger partial charge >= 0.3 is 0 Å². The fraction of sp³-hybridized carbons (Fsp3) is 0.812. The molecule has 1 saturated carbocycles. The van der Waals surface area contributed by atoms with E-state index in [1.807, 2.05) is 11.3 Å². The van der Waals surface area contributed by atoms with Gasteiger partial charge in [-0.3, -0.25) is 4.90 Å². The molecule has 2 fully saturated rings. The molecular weight excluding hydrogens is 266 g/mol. The Morgan fingerprint density at radius 3 is 3.00 bits per heavy atom. The number of aromatic nitrogens is 1. The highest BCUT2D eigenvalue weighted by molar-refractivity contribution is 7.09. The van der Waals surface area contributed by atoms with Crippen LogP contribution in [0.4, 0.5) is 0 Å². The first-order chi connectivity index (χ1) is 9.83. The summed E-state index contributed by atoms with van der Waals surface area (Å²) in [5, 5.41) is 7.06. The van der Waals surface area contributed by atoms with Gasteiger partial charge in [-0.1, -0.05) is 13.3 Å². The van der Waals surface area contributed by atoms with Gasteiger partial charge in [0.2, 0.25) is 0 Å². The molecule has 0 aromatic carbocycles. The Morgan fingerprint density at radius 2 is 2.20 bits per heavy atom. The lowest BCUT2D eigenvalue weighted by atomic mass is 9.98. The number of nitrogens with one attached hydrogen (secondary N) is 1. The lowest BCUT2D eigenvalue weighted by Crippen LogP contribution is -2.24. The molecule has 1 aromatic heterocycles. The summed E-state index contributed by atoms with van der Waals surface area (Å²) in [4.78, 5) is 7.39. The van der Waals surface area contributed by atoms with Crippen LogP contribution in [0.2, 0.25) is 0 Å². The summed E-state index contributed by atoms with van der Waals surface area (Å²) >= 11 is 1.82. The number of hydrogen-bond acceptors (Lipinski definition) is 4. The third-order valence-corrected chi connectivity index (χ3v) is 5.52. The van der Waals surface area contributed by atoms with E-state index >= 15 is 0 Å². The van der Waals surface area contributed by atoms with Crippen LogP contribution in [0.25, 0.3) is 0 Å². The van der Waals surface area contributed by atoms with E-state index in [1.54, 1.807) is 0 Å². The number of rotatable bonds is 6. The molecule has 1 aliphatic heterocycles. The van der Waals surface area contributed by atoms with Gasteiger partial charge in [0.25, 0.3) is 0 Å². The first-order valence-electron chi connectivity index (χ1n) is 8.22. The van der Waals surface area contributed by atoms with Crippen molar-refractivity contribution in [3.05, 3.63) is 16.1 Å². The van der Waals surface area contributed by atoms with Gasteiger partial charge < -0.3 is 5.32 Å². The number of nitrogens with zero attached hydrogens (tertiary/aromatic N) is 2. The van der Waals surface area contributed by atoms with E-state index in [9.17, 15) is 0 Å². The van der Waals surface area contributed by atoms with Crippen LogP contribution in [-0.2, 0) is 13.1 Å². The number of thiazole rings is 1. The maximum atomic E-state index is 4.79. The minimum atomic E-state index is 0.777. The molecule has 2 heterocycles. The number of hydrogen-bond donors (Lipinski definition) is 1. The first kappa shape index (κ1) is 14.5. The summed E-state index contributed by atoms with van der Waals surface area (Å²) in [6.07, 6.45) is 8.20. The van der Waals surface area contributed by atoms with E-state index in [0.717, 1.165) is 25.0 Å². The second kappa shape index (κ2) is 7.01. The third-order valence-electron chi connectivity index (χ3n) is 4.62. The van der Waals surface area contributed by atoms with Gasteiger partial charge in [-0.2, -0.15) is 0 Å². The average molecular weight is 293 g/mol. The minimum Gasteiger partial charge on any atom is -0.308 e. The third kappa shape index (κ3) is 4.27.